The Kier molecular flexibility index (Phi) is 4.04. The van der Waals surface area contributed by atoms with E-state index in [4.69, 9.17) is 0 Å². The van der Waals surface area contributed by atoms with Crippen LogP contribution in [0.3, 0.4) is 0 Å². The monoisotopic (exact) mass is 345 g/mol. The second-order valence-electron chi connectivity index (χ2n) is 6.23. The zero-order valence-electron chi connectivity index (χ0n) is 13.4. The topological polar surface area (TPSA) is 77.9 Å². The summed E-state index contributed by atoms with van der Waals surface area (Å²) in [6.45, 7) is 1.40. The Morgan fingerprint density at radius 3 is 2.52 bits per heavy atom. The predicted molar refractivity (Wildman–Crippen MR) is 87.9 cm³/mol. The van der Waals surface area contributed by atoms with Gasteiger partial charge in [-0.15, -0.1) is 0 Å². The fraction of sp³-hybridized carbons (Fsp3) is 0.353. The summed E-state index contributed by atoms with van der Waals surface area (Å²) in [7, 11) is 0. The van der Waals surface area contributed by atoms with Gasteiger partial charge in [0.1, 0.15) is 17.7 Å². The SMILES string of the molecule is OC(c1ncc[nH]1)C1CCN(c2cnc3cc(F)c(F)cc3n2)CC1. The summed E-state index contributed by atoms with van der Waals surface area (Å²) in [5.74, 6) is -0.533. The quantitative estimate of drug-likeness (QED) is 0.763. The number of aromatic amines is 1. The first-order valence-corrected chi connectivity index (χ1v) is 8.16. The maximum absolute atomic E-state index is 13.4. The highest BCUT2D eigenvalue weighted by molar-refractivity contribution is 5.75. The molecule has 0 radical (unpaired) electrons. The van der Waals surface area contributed by atoms with Crippen LogP contribution in [0.4, 0.5) is 14.6 Å². The van der Waals surface area contributed by atoms with Crippen LogP contribution in [0.15, 0.2) is 30.7 Å². The minimum absolute atomic E-state index is 0.113. The number of rotatable bonds is 3. The number of aliphatic hydroxyl groups excluding tert-OH is 1. The van der Waals surface area contributed by atoms with E-state index in [0.29, 0.717) is 35.8 Å². The number of nitrogens with one attached hydrogen (secondary N) is 1. The molecule has 0 amide bonds. The normalized spacial score (nSPS) is 17.2. The zero-order chi connectivity index (χ0) is 17.4. The minimum atomic E-state index is -0.931. The number of hydrogen-bond donors (Lipinski definition) is 2. The Hall–Kier alpha value is -2.61. The highest BCUT2D eigenvalue weighted by atomic mass is 19.2. The van der Waals surface area contributed by atoms with Crippen molar-refractivity contribution in [3.8, 4) is 0 Å². The molecule has 2 N–H and O–H groups in total. The van der Waals surface area contributed by atoms with Crippen molar-refractivity contribution in [2.45, 2.75) is 18.9 Å². The molecule has 0 aliphatic carbocycles. The number of nitrogens with zero attached hydrogens (tertiary/aromatic N) is 4. The number of imidazole rings is 1. The lowest BCUT2D eigenvalue weighted by molar-refractivity contribution is 0.0856. The number of anilines is 1. The van der Waals surface area contributed by atoms with Gasteiger partial charge in [0.15, 0.2) is 11.6 Å². The van der Waals surface area contributed by atoms with E-state index in [0.717, 1.165) is 25.0 Å². The third kappa shape index (κ3) is 3.05. The van der Waals surface area contributed by atoms with Crippen LogP contribution in [-0.4, -0.2) is 38.1 Å². The lowest BCUT2D eigenvalue weighted by Gasteiger charge is -2.34. The second kappa shape index (κ2) is 6.36. The smallest absolute Gasteiger partial charge is 0.161 e. The van der Waals surface area contributed by atoms with Crippen molar-refractivity contribution in [1.29, 1.82) is 0 Å². The number of H-pyrrole nitrogens is 1. The van der Waals surface area contributed by atoms with Crippen molar-refractivity contribution >= 4 is 16.9 Å². The molecule has 1 aliphatic rings. The summed E-state index contributed by atoms with van der Waals surface area (Å²) in [4.78, 5) is 17.7. The molecule has 25 heavy (non-hydrogen) atoms. The Morgan fingerprint density at radius 2 is 1.84 bits per heavy atom. The van der Waals surface area contributed by atoms with Gasteiger partial charge < -0.3 is 15.0 Å². The molecule has 1 unspecified atom stereocenters. The minimum Gasteiger partial charge on any atom is -0.385 e. The Morgan fingerprint density at radius 1 is 1.12 bits per heavy atom. The predicted octanol–water partition coefficient (Wildman–Crippen LogP) is 2.58. The van der Waals surface area contributed by atoms with E-state index in [1.807, 2.05) is 4.90 Å². The maximum atomic E-state index is 13.4. The number of halogens is 2. The van der Waals surface area contributed by atoms with E-state index in [1.54, 1.807) is 18.6 Å². The molecule has 1 saturated heterocycles. The summed E-state index contributed by atoms with van der Waals surface area (Å²) >= 11 is 0. The highest BCUT2D eigenvalue weighted by Crippen LogP contribution is 2.30. The molecule has 1 aromatic carbocycles. The second-order valence-corrected chi connectivity index (χ2v) is 6.23. The van der Waals surface area contributed by atoms with E-state index >= 15 is 0 Å². The van der Waals surface area contributed by atoms with Crippen molar-refractivity contribution < 1.29 is 13.9 Å². The molecule has 1 atom stereocenters. The van der Waals surface area contributed by atoms with E-state index in [1.165, 1.54) is 0 Å². The molecule has 6 nitrogen and oxygen atoms in total. The van der Waals surface area contributed by atoms with Crippen LogP contribution in [0.1, 0.15) is 24.8 Å². The Balaban J connectivity index is 1.49. The Bertz CT molecular complexity index is 878. The highest BCUT2D eigenvalue weighted by Gasteiger charge is 2.28. The van der Waals surface area contributed by atoms with Crippen molar-refractivity contribution in [2.75, 3.05) is 18.0 Å². The molecule has 2 aromatic heterocycles. The molecular weight excluding hydrogens is 328 g/mol. The third-order valence-corrected chi connectivity index (χ3v) is 4.68. The summed E-state index contributed by atoms with van der Waals surface area (Å²) in [5.41, 5.74) is 0.653. The van der Waals surface area contributed by atoms with Gasteiger partial charge in [-0.2, -0.15) is 0 Å². The number of fused-ring (bicyclic) bond motifs is 1. The average Bonchev–Trinajstić information content (AvgIpc) is 3.16. The van der Waals surface area contributed by atoms with Gasteiger partial charge in [-0.1, -0.05) is 0 Å². The number of aromatic nitrogens is 4. The lowest BCUT2D eigenvalue weighted by Crippen LogP contribution is -2.36. The van der Waals surface area contributed by atoms with Gasteiger partial charge in [0.25, 0.3) is 0 Å². The summed E-state index contributed by atoms with van der Waals surface area (Å²) < 4.78 is 26.7. The van der Waals surface area contributed by atoms with Crippen molar-refractivity contribution in [1.82, 2.24) is 19.9 Å². The molecular formula is C17H17F2N5O. The molecule has 1 fully saturated rings. The van der Waals surface area contributed by atoms with E-state index in [9.17, 15) is 13.9 Å². The van der Waals surface area contributed by atoms with Crippen molar-refractivity contribution in [3.05, 3.63) is 48.2 Å². The molecule has 8 heteroatoms. The first-order valence-electron chi connectivity index (χ1n) is 8.16. The van der Waals surface area contributed by atoms with E-state index in [-0.39, 0.29) is 5.92 Å². The zero-order valence-corrected chi connectivity index (χ0v) is 13.4. The van der Waals surface area contributed by atoms with Gasteiger partial charge in [-0.25, -0.2) is 18.7 Å². The van der Waals surface area contributed by atoms with Gasteiger partial charge >= 0.3 is 0 Å². The van der Waals surface area contributed by atoms with Crippen LogP contribution in [0.2, 0.25) is 0 Å². The molecule has 0 bridgehead atoms. The Labute approximate surface area is 142 Å². The molecule has 4 rings (SSSR count). The molecule has 3 aromatic rings. The van der Waals surface area contributed by atoms with E-state index in [2.05, 4.69) is 19.9 Å². The largest absolute Gasteiger partial charge is 0.385 e. The van der Waals surface area contributed by atoms with Crippen molar-refractivity contribution in [2.24, 2.45) is 5.92 Å². The fourth-order valence-corrected chi connectivity index (χ4v) is 3.26. The molecule has 0 saturated carbocycles. The number of piperidine rings is 1. The molecule has 0 spiro atoms. The van der Waals surface area contributed by atoms with Crippen LogP contribution in [0.5, 0.6) is 0 Å². The standard InChI is InChI=1S/C17H17F2N5O/c18-11-7-13-14(8-12(11)19)23-15(9-22-13)24-5-1-10(2-6-24)16(25)17-20-3-4-21-17/h3-4,7-10,16,25H,1-2,5-6H2,(H,20,21). The van der Waals surface area contributed by atoms with Gasteiger partial charge in [-0.05, 0) is 18.8 Å². The van der Waals surface area contributed by atoms with E-state index < -0.39 is 17.7 Å². The third-order valence-electron chi connectivity index (χ3n) is 4.68. The molecule has 3 heterocycles. The van der Waals surface area contributed by atoms with Gasteiger partial charge in [0.2, 0.25) is 0 Å². The molecule has 130 valence electrons. The van der Waals surface area contributed by atoms with Gasteiger partial charge in [0.05, 0.1) is 17.2 Å². The van der Waals surface area contributed by atoms with Gasteiger partial charge in [-0.3, -0.25) is 4.98 Å². The van der Waals surface area contributed by atoms with Crippen molar-refractivity contribution in [3.63, 3.8) is 0 Å². The summed E-state index contributed by atoms with van der Waals surface area (Å²) in [5, 5.41) is 10.4. The first-order chi connectivity index (χ1) is 12.1. The van der Waals surface area contributed by atoms with Crippen LogP contribution in [0, 0.1) is 17.6 Å². The fourth-order valence-electron chi connectivity index (χ4n) is 3.26. The molecule has 1 aliphatic heterocycles. The summed E-state index contributed by atoms with van der Waals surface area (Å²) in [6, 6.07) is 2.11. The lowest BCUT2D eigenvalue weighted by atomic mass is 9.91. The van der Waals surface area contributed by atoms with Crippen LogP contribution in [-0.2, 0) is 0 Å². The maximum Gasteiger partial charge on any atom is 0.161 e. The number of hydrogen-bond acceptors (Lipinski definition) is 5. The van der Waals surface area contributed by atoms with Gasteiger partial charge in [0, 0.05) is 37.6 Å². The number of benzene rings is 1. The summed E-state index contributed by atoms with van der Waals surface area (Å²) in [6.07, 6.45) is 5.83. The number of aliphatic hydroxyl groups is 1. The van der Waals surface area contributed by atoms with Crippen LogP contribution >= 0.6 is 0 Å². The average molecular weight is 345 g/mol. The van der Waals surface area contributed by atoms with Crippen LogP contribution in [0.25, 0.3) is 11.0 Å². The first kappa shape index (κ1) is 15.9. The van der Waals surface area contributed by atoms with Crippen LogP contribution < -0.4 is 4.90 Å².